The predicted molar refractivity (Wildman–Crippen MR) is 198 cm³/mol. The first-order valence-corrected chi connectivity index (χ1v) is 13.3. The Morgan fingerprint density at radius 2 is 0.851 bits per heavy atom. The molecule has 0 radical (unpaired) electrons. The minimum atomic E-state index is 0. The molecule has 0 saturated carbocycles. The first-order chi connectivity index (χ1) is 20.7. The topological polar surface area (TPSA) is 209 Å². The van der Waals surface area contributed by atoms with E-state index in [1.807, 2.05) is 43.4 Å². The van der Waals surface area contributed by atoms with Crippen molar-refractivity contribution >= 4 is 103 Å². The maximum Gasteiger partial charge on any atom is 0.214 e. The number of azo groups is 2. The molecule has 0 aliphatic rings. The van der Waals surface area contributed by atoms with E-state index in [1.165, 1.54) is 10.8 Å². The van der Waals surface area contributed by atoms with Gasteiger partial charge in [-0.1, -0.05) is 13.5 Å². The van der Waals surface area contributed by atoms with Crippen molar-refractivity contribution in [2.24, 2.45) is 27.5 Å². The van der Waals surface area contributed by atoms with Gasteiger partial charge in [-0.25, -0.2) is 0 Å². The number of halogens is 3. The fourth-order valence-electron chi connectivity index (χ4n) is 4.41. The number of nitrogen functional groups attached to an aromatic ring is 6. The highest BCUT2D eigenvalue weighted by Gasteiger charge is 2.11. The number of anilines is 6. The van der Waals surface area contributed by atoms with Crippen molar-refractivity contribution in [2.75, 3.05) is 34.4 Å². The monoisotopic (exact) mass is 693 g/mol. The van der Waals surface area contributed by atoms with E-state index in [-0.39, 0.29) is 44.6 Å². The predicted octanol–water partition coefficient (Wildman–Crippen LogP) is 5.31. The van der Waals surface area contributed by atoms with Crippen LogP contribution in [0.25, 0.3) is 21.8 Å². The van der Waals surface area contributed by atoms with Crippen LogP contribution < -0.4 is 51.4 Å². The summed E-state index contributed by atoms with van der Waals surface area (Å²) < 4.78 is 2.12. The maximum absolute atomic E-state index is 5.86. The highest BCUT2D eigenvalue weighted by Crippen LogP contribution is 2.30. The van der Waals surface area contributed by atoms with Gasteiger partial charge < -0.3 is 46.8 Å². The lowest BCUT2D eigenvalue weighted by atomic mass is 10.1. The second-order valence-corrected chi connectivity index (χ2v) is 9.90. The van der Waals surface area contributed by atoms with Crippen molar-refractivity contribution < 1.29 is 17.0 Å². The Labute approximate surface area is 292 Å². The molecule has 0 spiro atoms. The van der Waals surface area contributed by atoms with Gasteiger partial charge in [-0.15, -0.1) is 35.0 Å². The second kappa shape index (κ2) is 17.4. The molecule has 0 aliphatic carbocycles. The van der Waals surface area contributed by atoms with Gasteiger partial charge in [-0.05, 0) is 84.9 Å². The number of benzene rings is 5. The molecule has 0 aliphatic heterocycles. The lowest BCUT2D eigenvalue weighted by Crippen LogP contribution is -3.00. The molecule has 0 amide bonds. The zero-order valence-electron chi connectivity index (χ0n) is 24.7. The van der Waals surface area contributed by atoms with Crippen LogP contribution in [0.3, 0.4) is 0 Å². The molecule has 246 valence electrons. The molecule has 47 heavy (non-hydrogen) atoms. The molecule has 0 atom stereocenters. The molecule has 6 rings (SSSR count). The summed E-state index contributed by atoms with van der Waals surface area (Å²) in [6.07, 6.45) is 0. The van der Waals surface area contributed by atoms with Crippen molar-refractivity contribution in [2.45, 2.75) is 7.43 Å². The van der Waals surface area contributed by atoms with Gasteiger partial charge in [0.25, 0.3) is 0 Å². The Morgan fingerprint density at radius 3 is 1.26 bits per heavy atom. The van der Waals surface area contributed by atoms with Crippen molar-refractivity contribution in [3.8, 4) is 0 Å². The van der Waals surface area contributed by atoms with Crippen molar-refractivity contribution in [3.05, 3.63) is 103 Å². The molecule has 1 heterocycles. The fraction of sp³-hybridized carbons (Fsp3) is 0.0606. The van der Waals surface area contributed by atoms with E-state index in [0.29, 0.717) is 45.5 Å². The molecule has 0 fully saturated rings. The van der Waals surface area contributed by atoms with Gasteiger partial charge in [0.1, 0.15) is 18.4 Å². The summed E-state index contributed by atoms with van der Waals surface area (Å²) in [5.74, 6) is 0. The van der Waals surface area contributed by atoms with Crippen LogP contribution in [-0.4, -0.2) is 0 Å². The van der Waals surface area contributed by atoms with E-state index >= 15 is 0 Å². The van der Waals surface area contributed by atoms with E-state index in [9.17, 15) is 0 Å². The SMILES string of the molecule is C.C[n+]1c2cc(N)ccc2cc2ccc(N)cc21.Cl.Cl.Nc1ccc(N=Nc2cccc(N=Nc3ccc(N)cc3N)c2)c(N)c1.[Cl-]. The van der Waals surface area contributed by atoms with Crippen LogP contribution >= 0.6 is 24.8 Å². The van der Waals surface area contributed by atoms with Crippen LogP contribution in [-0.2, 0) is 7.05 Å². The normalized spacial score (nSPS) is 10.3. The fourth-order valence-corrected chi connectivity index (χ4v) is 4.41. The van der Waals surface area contributed by atoms with Gasteiger partial charge in [0, 0.05) is 45.7 Å². The van der Waals surface area contributed by atoms with Crippen LogP contribution in [0, 0.1) is 0 Å². The summed E-state index contributed by atoms with van der Waals surface area (Å²) >= 11 is 0. The molecular formula is C33H38Cl3N11. The molecule has 0 saturated heterocycles. The number of rotatable bonds is 4. The lowest BCUT2D eigenvalue weighted by Gasteiger charge is -2.03. The van der Waals surface area contributed by atoms with Crippen LogP contribution in [0.5, 0.6) is 0 Å². The molecule has 12 N–H and O–H groups in total. The summed E-state index contributed by atoms with van der Waals surface area (Å²) in [6, 6.07) is 31.3. The number of pyridine rings is 1. The third-order valence-corrected chi connectivity index (χ3v) is 6.62. The maximum atomic E-state index is 5.86. The molecule has 11 nitrogen and oxygen atoms in total. The first-order valence-electron chi connectivity index (χ1n) is 13.3. The Balaban J connectivity index is 0.000000462. The summed E-state index contributed by atoms with van der Waals surface area (Å²) in [4.78, 5) is 0. The summed E-state index contributed by atoms with van der Waals surface area (Å²) in [7, 11) is 2.03. The van der Waals surface area contributed by atoms with Crippen molar-refractivity contribution in [3.63, 3.8) is 0 Å². The minimum absolute atomic E-state index is 0. The number of nitrogens with zero attached hydrogens (tertiary/aromatic N) is 5. The molecule has 5 aromatic carbocycles. The summed E-state index contributed by atoms with van der Waals surface area (Å²) in [5, 5.41) is 19.0. The minimum Gasteiger partial charge on any atom is -1.00 e. The average Bonchev–Trinajstić information content (AvgIpc) is 2.98. The largest absolute Gasteiger partial charge is 1.00 e. The Bertz CT molecular complexity index is 1900. The van der Waals surface area contributed by atoms with Crippen LogP contribution in [0.4, 0.5) is 56.9 Å². The van der Waals surface area contributed by atoms with E-state index in [2.05, 4.69) is 31.1 Å². The second-order valence-electron chi connectivity index (χ2n) is 9.90. The van der Waals surface area contributed by atoms with Gasteiger partial charge in [0.05, 0.1) is 22.7 Å². The van der Waals surface area contributed by atoms with Crippen LogP contribution in [0.1, 0.15) is 7.43 Å². The van der Waals surface area contributed by atoms with E-state index in [4.69, 9.17) is 34.4 Å². The van der Waals surface area contributed by atoms with Crippen molar-refractivity contribution in [1.82, 2.24) is 0 Å². The van der Waals surface area contributed by atoms with Gasteiger partial charge in [-0.3, -0.25) is 0 Å². The first kappa shape index (κ1) is 39.7. The van der Waals surface area contributed by atoms with E-state index in [1.54, 1.807) is 60.7 Å². The summed E-state index contributed by atoms with van der Waals surface area (Å²) in [5.41, 5.74) is 42.9. The third-order valence-electron chi connectivity index (χ3n) is 6.62. The van der Waals surface area contributed by atoms with E-state index < -0.39 is 0 Å². The highest BCUT2D eigenvalue weighted by atomic mass is 35.5. The standard InChI is InChI=1S/C18H18N8.C14H13N3.CH4.3ClH/c19-11-4-6-17(15(21)8-11)25-23-13-2-1-3-14(10-13)24-26-18-7-5-12(20)9-16(18)22;1-17-13-7-11(15)4-2-9(13)6-10-3-5-12(16)8-14(10)17;;;;/h1-10H,19-22H2;2-8H,1H3,(H3,15,16);1H4;3*1H. The highest BCUT2D eigenvalue weighted by molar-refractivity contribution is 5.91. The third kappa shape index (κ3) is 9.81. The summed E-state index contributed by atoms with van der Waals surface area (Å²) in [6.45, 7) is 0. The smallest absolute Gasteiger partial charge is 0.214 e. The Hall–Kier alpha value is -5.36. The Kier molecular flexibility index (Phi) is 14.7. The molecular weight excluding hydrogens is 657 g/mol. The van der Waals surface area contributed by atoms with Crippen LogP contribution in [0.2, 0.25) is 0 Å². The number of nitrogens with two attached hydrogens (primary N) is 6. The molecule has 1 aromatic heterocycles. The zero-order valence-corrected chi connectivity index (χ0v) is 27.1. The Morgan fingerprint density at radius 1 is 0.468 bits per heavy atom. The number of hydrogen-bond acceptors (Lipinski definition) is 10. The molecule has 6 aromatic rings. The zero-order chi connectivity index (χ0) is 30.5. The van der Waals surface area contributed by atoms with Gasteiger partial charge in [0.15, 0.2) is 0 Å². The number of fused-ring (bicyclic) bond motifs is 2. The number of aryl methyl sites for hydroxylation is 1. The van der Waals surface area contributed by atoms with Crippen molar-refractivity contribution in [1.29, 1.82) is 0 Å². The quantitative estimate of drug-likeness (QED) is 0.0623. The lowest BCUT2D eigenvalue weighted by molar-refractivity contribution is -0.617. The van der Waals surface area contributed by atoms with Crippen LogP contribution in [0.15, 0.2) is 124 Å². The molecule has 0 bridgehead atoms. The molecule has 0 unspecified atom stereocenters. The number of hydrogen-bond donors (Lipinski definition) is 6. The molecule has 14 heteroatoms. The van der Waals surface area contributed by atoms with Gasteiger partial charge in [0.2, 0.25) is 11.0 Å². The van der Waals surface area contributed by atoms with Gasteiger partial charge in [-0.2, -0.15) is 14.8 Å². The van der Waals surface area contributed by atoms with Gasteiger partial charge >= 0.3 is 0 Å². The van der Waals surface area contributed by atoms with E-state index in [0.717, 1.165) is 22.4 Å². The number of aromatic nitrogens is 1. The average molecular weight is 695 g/mol.